The number of carbonyl (C=O) groups excluding carboxylic acids is 3. The molecule has 2 aromatic rings. The van der Waals surface area contributed by atoms with Crippen molar-refractivity contribution in [3.05, 3.63) is 35.4 Å². The molecule has 2 rings (SSSR count). The molecule has 0 aliphatic rings. The number of benzene rings is 2. The number of primary amides is 1. The van der Waals surface area contributed by atoms with Crippen LogP contribution < -0.4 is 15.2 Å². The number of nitrogens with two attached hydrogens (primary N) is 1. The van der Waals surface area contributed by atoms with Crippen molar-refractivity contribution in [3.63, 3.8) is 0 Å². The summed E-state index contributed by atoms with van der Waals surface area (Å²) in [6.45, 7) is 0. The van der Waals surface area contributed by atoms with Gasteiger partial charge < -0.3 is 19.9 Å². The Kier molecular flexibility index (Phi) is 5.59. The molecule has 1 amide bonds. The van der Waals surface area contributed by atoms with Gasteiger partial charge in [0.15, 0.2) is 5.78 Å². The summed E-state index contributed by atoms with van der Waals surface area (Å²) in [6, 6.07) is 7.01. The number of hydrogen-bond donors (Lipinski definition) is 1. The largest absolute Gasteiger partial charge is 0.496 e. The van der Waals surface area contributed by atoms with Crippen molar-refractivity contribution in [2.45, 2.75) is 12.8 Å². The van der Waals surface area contributed by atoms with Crippen LogP contribution in [0.15, 0.2) is 24.3 Å². The summed E-state index contributed by atoms with van der Waals surface area (Å²) < 4.78 is 15.5. The van der Waals surface area contributed by atoms with Gasteiger partial charge in [0.25, 0.3) is 0 Å². The number of methoxy groups -OCH3 is 3. The monoisotopic (exact) mass is 345 g/mol. The minimum atomic E-state index is -0.767. The van der Waals surface area contributed by atoms with Crippen LogP contribution in [0.5, 0.6) is 11.5 Å². The van der Waals surface area contributed by atoms with Crippen molar-refractivity contribution in [2.75, 3.05) is 21.3 Å². The minimum Gasteiger partial charge on any atom is -0.496 e. The van der Waals surface area contributed by atoms with Crippen molar-refractivity contribution in [1.82, 2.24) is 0 Å². The molecule has 0 unspecified atom stereocenters. The van der Waals surface area contributed by atoms with Gasteiger partial charge in [0, 0.05) is 0 Å². The van der Waals surface area contributed by atoms with Crippen LogP contribution in [0.25, 0.3) is 10.8 Å². The van der Waals surface area contributed by atoms with E-state index in [4.69, 9.17) is 19.9 Å². The van der Waals surface area contributed by atoms with E-state index >= 15 is 0 Å². The first-order valence-corrected chi connectivity index (χ1v) is 7.47. The maximum atomic E-state index is 12.6. The Bertz CT molecular complexity index is 843. The second-order valence-electron chi connectivity index (χ2n) is 5.32. The highest BCUT2D eigenvalue weighted by Gasteiger charge is 2.24. The molecule has 0 heterocycles. The quantitative estimate of drug-likeness (QED) is 0.464. The van der Waals surface area contributed by atoms with E-state index in [1.54, 1.807) is 18.2 Å². The molecule has 0 saturated heterocycles. The van der Waals surface area contributed by atoms with E-state index in [2.05, 4.69) is 0 Å². The average molecular weight is 345 g/mol. The van der Waals surface area contributed by atoms with Crippen LogP contribution in [-0.4, -0.2) is 39.0 Å². The third-order valence-electron chi connectivity index (χ3n) is 3.76. The van der Waals surface area contributed by atoms with E-state index in [0.29, 0.717) is 16.7 Å². The molecule has 0 bridgehead atoms. The first kappa shape index (κ1) is 18.3. The van der Waals surface area contributed by atoms with Gasteiger partial charge in [0.1, 0.15) is 11.5 Å². The number of ketones is 1. The molecule has 0 spiro atoms. The molecule has 0 aliphatic heterocycles. The van der Waals surface area contributed by atoms with Crippen LogP contribution >= 0.6 is 0 Å². The van der Waals surface area contributed by atoms with E-state index in [0.717, 1.165) is 5.39 Å². The molecule has 7 heteroatoms. The maximum Gasteiger partial charge on any atom is 0.310 e. The molecule has 0 aliphatic carbocycles. The van der Waals surface area contributed by atoms with Crippen molar-refractivity contribution in [1.29, 1.82) is 0 Å². The van der Waals surface area contributed by atoms with Gasteiger partial charge in [0.2, 0.25) is 5.91 Å². The molecule has 0 saturated carbocycles. The Balaban J connectivity index is 2.81. The smallest absolute Gasteiger partial charge is 0.310 e. The lowest BCUT2D eigenvalue weighted by molar-refractivity contribution is -0.139. The average Bonchev–Trinajstić information content (AvgIpc) is 2.58. The molecule has 25 heavy (non-hydrogen) atoms. The molecular weight excluding hydrogens is 326 g/mol. The molecule has 0 fully saturated rings. The van der Waals surface area contributed by atoms with Gasteiger partial charge in [-0.1, -0.05) is 12.1 Å². The van der Waals surface area contributed by atoms with Crippen LogP contribution in [0.2, 0.25) is 0 Å². The van der Waals surface area contributed by atoms with Gasteiger partial charge >= 0.3 is 5.97 Å². The Morgan fingerprint density at radius 3 is 2.36 bits per heavy atom. The molecule has 2 aromatic carbocycles. The SMILES string of the molecule is COC(=O)Cc1cc2cccc(OC)c2c(OC)c1C(=O)CC(N)=O. The summed E-state index contributed by atoms with van der Waals surface area (Å²) in [5.41, 5.74) is 5.68. The fourth-order valence-electron chi connectivity index (χ4n) is 2.74. The molecular formula is C18H19NO6. The van der Waals surface area contributed by atoms with E-state index in [1.165, 1.54) is 21.3 Å². The van der Waals surface area contributed by atoms with Gasteiger partial charge in [0.05, 0.1) is 45.1 Å². The Morgan fingerprint density at radius 1 is 1.08 bits per heavy atom. The first-order valence-electron chi connectivity index (χ1n) is 7.47. The number of hydrogen-bond acceptors (Lipinski definition) is 6. The number of rotatable bonds is 7. The summed E-state index contributed by atoms with van der Waals surface area (Å²) >= 11 is 0. The van der Waals surface area contributed by atoms with E-state index in [-0.39, 0.29) is 17.7 Å². The second-order valence-corrected chi connectivity index (χ2v) is 5.32. The van der Waals surface area contributed by atoms with E-state index < -0.39 is 24.1 Å². The van der Waals surface area contributed by atoms with Crippen molar-refractivity contribution in [3.8, 4) is 11.5 Å². The summed E-state index contributed by atoms with van der Waals surface area (Å²) in [5.74, 6) is -1.07. The summed E-state index contributed by atoms with van der Waals surface area (Å²) in [6.07, 6.45) is -0.634. The fraction of sp³-hybridized carbons (Fsp3) is 0.278. The zero-order chi connectivity index (χ0) is 18.6. The van der Waals surface area contributed by atoms with Gasteiger partial charge in [-0.2, -0.15) is 0 Å². The molecule has 0 aromatic heterocycles. The summed E-state index contributed by atoms with van der Waals surface area (Å²) in [4.78, 5) is 35.5. The van der Waals surface area contributed by atoms with Crippen LogP contribution in [0.3, 0.4) is 0 Å². The van der Waals surface area contributed by atoms with E-state index in [9.17, 15) is 14.4 Å². The minimum absolute atomic E-state index is 0.128. The molecule has 0 radical (unpaired) electrons. The van der Waals surface area contributed by atoms with Crippen LogP contribution in [0, 0.1) is 0 Å². The van der Waals surface area contributed by atoms with Crippen molar-refractivity contribution < 1.29 is 28.6 Å². The Hall–Kier alpha value is -3.09. The third-order valence-corrected chi connectivity index (χ3v) is 3.76. The molecule has 2 N–H and O–H groups in total. The van der Waals surface area contributed by atoms with Crippen LogP contribution in [0.1, 0.15) is 22.3 Å². The van der Waals surface area contributed by atoms with Gasteiger partial charge in [-0.25, -0.2) is 0 Å². The lowest BCUT2D eigenvalue weighted by atomic mass is 9.93. The lowest BCUT2D eigenvalue weighted by Gasteiger charge is -2.17. The van der Waals surface area contributed by atoms with Gasteiger partial charge in [-0.3, -0.25) is 14.4 Å². The predicted molar refractivity (Wildman–Crippen MR) is 90.9 cm³/mol. The lowest BCUT2D eigenvalue weighted by Crippen LogP contribution is -2.19. The molecule has 7 nitrogen and oxygen atoms in total. The number of amides is 1. The zero-order valence-electron chi connectivity index (χ0n) is 14.3. The normalized spacial score (nSPS) is 10.4. The van der Waals surface area contributed by atoms with Crippen molar-refractivity contribution >= 4 is 28.4 Å². The number of esters is 1. The van der Waals surface area contributed by atoms with Crippen LogP contribution in [-0.2, 0) is 20.7 Å². The number of ether oxygens (including phenoxy) is 3. The van der Waals surface area contributed by atoms with Crippen LogP contribution in [0.4, 0.5) is 0 Å². The van der Waals surface area contributed by atoms with Gasteiger partial charge in [-0.05, 0) is 23.1 Å². The summed E-state index contributed by atoms with van der Waals surface area (Å²) in [5, 5.41) is 1.31. The molecule has 0 atom stereocenters. The Morgan fingerprint density at radius 2 is 1.80 bits per heavy atom. The topological polar surface area (TPSA) is 105 Å². The molecule has 132 valence electrons. The first-order chi connectivity index (χ1) is 11.9. The van der Waals surface area contributed by atoms with Gasteiger partial charge in [-0.15, -0.1) is 0 Å². The Labute approximate surface area is 144 Å². The second kappa shape index (κ2) is 7.65. The standard InChI is InChI=1S/C18H19NO6/c1-23-13-6-4-5-10-7-11(8-15(22)24-2)16(12(20)9-14(19)21)18(25-3)17(10)13/h4-7H,8-9H2,1-3H3,(H2,19,21). The summed E-state index contributed by atoms with van der Waals surface area (Å²) in [7, 11) is 4.17. The highest BCUT2D eigenvalue weighted by Crippen LogP contribution is 2.39. The zero-order valence-corrected chi connectivity index (χ0v) is 14.3. The van der Waals surface area contributed by atoms with E-state index in [1.807, 2.05) is 6.07 Å². The third kappa shape index (κ3) is 3.71. The highest BCUT2D eigenvalue weighted by atomic mass is 16.5. The predicted octanol–water partition coefficient (Wildman–Crippen LogP) is 1.63. The fourth-order valence-corrected chi connectivity index (χ4v) is 2.74. The number of carbonyl (C=O) groups is 3. The number of fused-ring (bicyclic) bond motifs is 1. The highest BCUT2D eigenvalue weighted by molar-refractivity contribution is 6.13. The number of Topliss-reactive ketones (excluding diaryl/α,β-unsaturated/α-hetero) is 1. The maximum absolute atomic E-state index is 12.6. The van der Waals surface area contributed by atoms with Crippen molar-refractivity contribution in [2.24, 2.45) is 5.73 Å².